The molecule has 2 amide bonds. The van der Waals surface area contributed by atoms with E-state index in [0.717, 1.165) is 5.56 Å². The van der Waals surface area contributed by atoms with E-state index in [0.29, 0.717) is 29.2 Å². The van der Waals surface area contributed by atoms with Crippen molar-refractivity contribution >= 4 is 56.4 Å². The van der Waals surface area contributed by atoms with Crippen molar-refractivity contribution in [2.75, 3.05) is 30.3 Å². The molecule has 2 aliphatic rings. The van der Waals surface area contributed by atoms with Crippen LogP contribution in [0.4, 0.5) is 11.4 Å². The minimum Gasteiger partial charge on any atom is -0.482 e. The third kappa shape index (κ3) is 4.56. The van der Waals surface area contributed by atoms with Crippen LogP contribution in [0.2, 0.25) is 10.0 Å². The number of benzene rings is 2. The molecule has 11 heteroatoms. The largest absolute Gasteiger partial charge is 0.482 e. The number of halogens is 2. The lowest BCUT2D eigenvalue weighted by atomic mass is 9.97. The van der Waals surface area contributed by atoms with Crippen LogP contribution in [0.1, 0.15) is 18.4 Å². The maximum Gasteiger partial charge on any atom is 0.262 e. The third-order valence-corrected chi connectivity index (χ3v) is 8.17. The van der Waals surface area contributed by atoms with Crippen molar-refractivity contribution in [3.05, 3.63) is 45.9 Å². The zero-order chi connectivity index (χ0) is 23.0. The summed E-state index contributed by atoms with van der Waals surface area (Å²) in [6, 6.07) is 7.96. The highest BCUT2D eigenvalue weighted by Crippen LogP contribution is 2.37. The molecular weight excluding hydrogens is 477 g/mol. The summed E-state index contributed by atoms with van der Waals surface area (Å²) in [4.78, 5) is 24.1. The number of nitrogens with zero attached hydrogens (tertiary/aromatic N) is 1. The van der Waals surface area contributed by atoms with Gasteiger partial charge in [0.05, 0.1) is 10.7 Å². The van der Waals surface area contributed by atoms with Crippen LogP contribution in [0.25, 0.3) is 0 Å². The Morgan fingerprint density at radius 3 is 2.62 bits per heavy atom. The lowest BCUT2D eigenvalue weighted by molar-refractivity contribution is -0.121. The molecule has 1 saturated heterocycles. The van der Waals surface area contributed by atoms with Crippen molar-refractivity contribution < 1.29 is 22.7 Å². The van der Waals surface area contributed by atoms with Crippen LogP contribution in [0, 0.1) is 12.8 Å². The number of sulfonamides is 1. The van der Waals surface area contributed by atoms with Gasteiger partial charge in [0.25, 0.3) is 5.91 Å². The minimum absolute atomic E-state index is 0.00847. The average molecular weight is 498 g/mol. The van der Waals surface area contributed by atoms with Gasteiger partial charge in [0.15, 0.2) is 6.61 Å². The molecule has 2 aromatic rings. The molecule has 0 aliphatic carbocycles. The summed E-state index contributed by atoms with van der Waals surface area (Å²) in [7, 11) is -3.90. The molecule has 8 nitrogen and oxygen atoms in total. The summed E-state index contributed by atoms with van der Waals surface area (Å²) in [5.74, 6) is -0.572. The van der Waals surface area contributed by atoms with Crippen molar-refractivity contribution in [3.63, 3.8) is 0 Å². The van der Waals surface area contributed by atoms with E-state index in [1.54, 1.807) is 12.1 Å². The Labute approximate surface area is 195 Å². The second-order valence-corrected chi connectivity index (χ2v) is 10.5. The molecular formula is C21H21Cl2N3O5S. The number of anilines is 2. The second kappa shape index (κ2) is 8.90. The van der Waals surface area contributed by atoms with E-state index in [2.05, 4.69) is 10.6 Å². The Morgan fingerprint density at radius 2 is 1.91 bits per heavy atom. The van der Waals surface area contributed by atoms with E-state index >= 15 is 0 Å². The molecule has 0 spiro atoms. The molecule has 0 atom stereocenters. The lowest BCUT2D eigenvalue weighted by Gasteiger charge is -2.31. The van der Waals surface area contributed by atoms with Gasteiger partial charge in [-0.3, -0.25) is 9.59 Å². The first-order valence-electron chi connectivity index (χ1n) is 9.98. The number of rotatable bonds is 4. The molecule has 0 aromatic heterocycles. The highest BCUT2D eigenvalue weighted by Gasteiger charge is 2.34. The molecule has 4 rings (SSSR count). The number of piperidine rings is 1. The zero-order valence-corrected chi connectivity index (χ0v) is 19.5. The molecule has 170 valence electrons. The summed E-state index contributed by atoms with van der Waals surface area (Å²) in [5, 5.41) is 6.00. The van der Waals surface area contributed by atoms with Gasteiger partial charge in [0.2, 0.25) is 15.9 Å². The fraction of sp³-hybridized carbons (Fsp3) is 0.333. The molecule has 0 unspecified atom stereocenters. The van der Waals surface area contributed by atoms with Gasteiger partial charge in [0, 0.05) is 35.8 Å². The summed E-state index contributed by atoms with van der Waals surface area (Å²) in [5.41, 5.74) is 1.87. The first-order chi connectivity index (χ1) is 15.1. The van der Waals surface area contributed by atoms with Gasteiger partial charge in [-0.15, -0.1) is 0 Å². The number of nitrogens with one attached hydrogen (secondary N) is 2. The van der Waals surface area contributed by atoms with Crippen LogP contribution in [0.3, 0.4) is 0 Å². The Hall–Kier alpha value is -2.33. The molecule has 32 heavy (non-hydrogen) atoms. The van der Waals surface area contributed by atoms with E-state index in [4.69, 9.17) is 27.9 Å². The monoisotopic (exact) mass is 497 g/mol. The van der Waals surface area contributed by atoms with Gasteiger partial charge in [-0.05, 0) is 43.5 Å². The first kappa shape index (κ1) is 22.8. The van der Waals surface area contributed by atoms with Crippen LogP contribution in [0.5, 0.6) is 5.75 Å². The number of amides is 2. The number of aryl methyl sites for hydroxylation is 1. The van der Waals surface area contributed by atoms with Crippen LogP contribution in [-0.2, 0) is 19.6 Å². The first-order valence-corrected chi connectivity index (χ1v) is 12.2. The van der Waals surface area contributed by atoms with Crippen molar-refractivity contribution in [1.29, 1.82) is 0 Å². The SMILES string of the molecule is Cc1ccc(Cl)cc1NC(=O)C1CCN(S(=O)(=O)c2cc3c(cc2Cl)NC(=O)CO3)CC1. The van der Waals surface area contributed by atoms with E-state index < -0.39 is 10.0 Å². The van der Waals surface area contributed by atoms with Crippen LogP contribution in [-0.4, -0.2) is 44.2 Å². The summed E-state index contributed by atoms with van der Waals surface area (Å²) in [6.07, 6.45) is 0.750. The average Bonchev–Trinajstić information content (AvgIpc) is 2.75. The summed E-state index contributed by atoms with van der Waals surface area (Å²) < 4.78 is 33.0. The molecule has 2 aliphatic heterocycles. The number of carbonyl (C=O) groups is 2. The number of ether oxygens (including phenoxy) is 1. The van der Waals surface area contributed by atoms with Crippen LogP contribution >= 0.6 is 23.2 Å². The van der Waals surface area contributed by atoms with Crippen LogP contribution < -0.4 is 15.4 Å². The molecule has 2 N–H and O–H groups in total. The van der Waals surface area contributed by atoms with Crippen molar-refractivity contribution in [1.82, 2.24) is 4.31 Å². The summed E-state index contributed by atoms with van der Waals surface area (Å²) in [6.45, 7) is 2.04. The predicted octanol–water partition coefficient (Wildman–Crippen LogP) is 3.67. The van der Waals surface area contributed by atoms with E-state index in [1.165, 1.54) is 16.4 Å². The summed E-state index contributed by atoms with van der Waals surface area (Å²) >= 11 is 12.2. The van der Waals surface area contributed by atoms with Crippen molar-refractivity contribution in [2.45, 2.75) is 24.7 Å². The second-order valence-electron chi connectivity index (χ2n) is 7.74. The molecule has 2 heterocycles. The highest BCUT2D eigenvalue weighted by molar-refractivity contribution is 7.89. The molecule has 0 radical (unpaired) electrons. The Balaban J connectivity index is 1.45. The van der Waals surface area contributed by atoms with Gasteiger partial charge in [-0.2, -0.15) is 4.31 Å². The quantitative estimate of drug-likeness (QED) is 0.670. The molecule has 0 saturated carbocycles. The third-order valence-electron chi connectivity index (χ3n) is 5.57. The standard InChI is InChI=1S/C21H21Cl2N3O5S/c1-12-2-3-14(22)8-16(12)25-21(28)13-4-6-26(7-5-13)32(29,30)19-10-18-17(9-15(19)23)24-20(27)11-31-18/h2-3,8-10,13H,4-7,11H2,1H3,(H,24,27)(H,25,28). The van der Waals surface area contributed by atoms with Gasteiger partial charge < -0.3 is 15.4 Å². The normalized spacial score (nSPS) is 17.3. The molecule has 2 aromatic carbocycles. The Morgan fingerprint density at radius 1 is 1.19 bits per heavy atom. The van der Waals surface area contributed by atoms with Gasteiger partial charge >= 0.3 is 0 Å². The molecule has 1 fully saturated rings. The highest BCUT2D eigenvalue weighted by atomic mass is 35.5. The Bertz CT molecular complexity index is 1190. The minimum atomic E-state index is -3.90. The smallest absolute Gasteiger partial charge is 0.262 e. The lowest BCUT2D eigenvalue weighted by Crippen LogP contribution is -2.41. The maximum atomic E-state index is 13.2. The number of fused-ring (bicyclic) bond motifs is 1. The van der Waals surface area contributed by atoms with Crippen molar-refractivity contribution in [2.24, 2.45) is 5.92 Å². The van der Waals surface area contributed by atoms with E-state index in [-0.39, 0.29) is 53.1 Å². The number of hydrogen-bond donors (Lipinski definition) is 2. The van der Waals surface area contributed by atoms with Crippen molar-refractivity contribution in [3.8, 4) is 5.75 Å². The maximum absolute atomic E-state index is 13.2. The van der Waals surface area contributed by atoms with Gasteiger partial charge in [-0.25, -0.2) is 8.42 Å². The van der Waals surface area contributed by atoms with Gasteiger partial charge in [-0.1, -0.05) is 29.3 Å². The number of hydrogen-bond acceptors (Lipinski definition) is 5. The van der Waals surface area contributed by atoms with E-state index in [9.17, 15) is 18.0 Å². The fourth-order valence-corrected chi connectivity index (χ4v) is 5.90. The zero-order valence-electron chi connectivity index (χ0n) is 17.2. The van der Waals surface area contributed by atoms with E-state index in [1.807, 2.05) is 13.0 Å². The fourth-order valence-electron chi connectivity index (χ4n) is 3.74. The number of carbonyl (C=O) groups excluding carboxylic acids is 2. The topological polar surface area (TPSA) is 105 Å². The van der Waals surface area contributed by atoms with Gasteiger partial charge in [0.1, 0.15) is 10.6 Å². The Kier molecular flexibility index (Phi) is 6.35. The molecule has 0 bridgehead atoms. The predicted molar refractivity (Wildman–Crippen MR) is 122 cm³/mol. The van der Waals surface area contributed by atoms with Crippen LogP contribution in [0.15, 0.2) is 35.2 Å².